The molecule has 0 saturated heterocycles. The molecule has 2 aliphatic rings. The van der Waals surface area contributed by atoms with Gasteiger partial charge in [-0.25, -0.2) is 0 Å². The van der Waals surface area contributed by atoms with Crippen molar-refractivity contribution in [3.8, 4) is 23.0 Å². The summed E-state index contributed by atoms with van der Waals surface area (Å²) in [6, 6.07) is 19.7. The van der Waals surface area contributed by atoms with Crippen molar-refractivity contribution in [2.45, 2.75) is 38.1 Å². The van der Waals surface area contributed by atoms with E-state index in [9.17, 15) is 4.79 Å². The van der Waals surface area contributed by atoms with E-state index in [2.05, 4.69) is 17.6 Å². The highest BCUT2D eigenvalue weighted by Crippen LogP contribution is 2.47. The van der Waals surface area contributed by atoms with Crippen molar-refractivity contribution in [3.63, 3.8) is 0 Å². The number of anilines is 2. The fourth-order valence-corrected chi connectivity index (χ4v) is 5.29. The largest absolute Gasteiger partial charge is 0.494 e. The van der Waals surface area contributed by atoms with Gasteiger partial charge in [0.2, 0.25) is 5.75 Å². The van der Waals surface area contributed by atoms with Crippen LogP contribution in [0.2, 0.25) is 0 Å². The van der Waals surface area contributed by atoms with Crippen LogP contribution < -0.4 is 29.6 Å². The number of rotatable bonds is 8. The molecule has 7 nitrogen and oxygen atoms in total. The number of carbonyl (C=O) groups excluding carboxylic acids is 1. The number of para-hydroxylation sites is 2. The highest BCUT2D eigenvalue weighted by molar-refractivity contribution is 6.01. The van der Waals surface area contributed by atoms with Crippen LogP contribution in [-0.4, -0.2) is 33.7 Å². The number of ether oxygens (including phenoxy) is 4. The van der Waals surface area contributed by atoms with Crippen LogP contribution in [0.1, 0.15) is 49.3 Å². The first-order valence-electron chi connectivity index (χ1n) is 13.0. The van der Waals surface area contributed by atoms with Gasteiger partial charge in [0.25, 0.3) is 0 Å². The molecule has 0 saturated carbocycles. The number of allylic oxidation sites excluding steroid dienone is 1. The molecule has 3 aromatic rings. The van der Waals surface area contributed by atoms with Gasteiger partial charge in [0.15, 0.2) is 17.3 Å². The first-order chi connectivity index (χ1) is 18.6. The van der Waals surface area contributed by atoms with E-state index >= 15 is 0 Å². The van der Waals surface area contributed by atoms with Crippen LogP contribution in [0.15, 0.2) is 71.9 Å². The predicted octanol–water partition coefficient (Wildman–Crippen LogP) is 6.48. The second-order valence-electron chi connectivity index (χ2n) is 9.54. The Morgan fingerprint density at radius 1 is 0.842 bits per heavy atom. The highest BCUT2D eigenvalue weighted by Gasteiger charge is 2.36. The Kier molecular flexibility index (Phi) is 7.45. The van der Waals surface area contributed by atoms with Crippen molar-refractivity contribution in [2.24, 2.45) is 0 Å². The average Bonchev–Trinajstić information content (AvgIpc) is 3.12. The van der Waals surface area contributed by atoms with Crippen molar-refractivity contribution in [2.75, 3.05) is 38.6 Å². The maximum absolute atomic E-state index is 13.9. The van der Waals surface area contributed by atoms with Gasteiger partial charge < -0.3 is 29.6 Å². The van der Waals surface area contributed by atoms with Gasteiger partial charge in [0.05, 0.1) is 45.4 Å². The first-order valence-corrected chi connectivity index (χ1v) is 13.0. The van der Waals surface area contributed by atoms with E-state index in [4.69, 9.17) is 18.9 Å². The number of nitrogens with one attached hydrogen (secondary N) is 2. The Labute approximate surface area is 223 Å². The van der Waals surface area contributed by atoms with Gasteiger partial charge in [-0.3, -0.25) is 4.79 Å². The fourth-order valence-electron chi connectivity index (χ4n) is 5.29. The Morgan fingerprint density at radius 3 is 2.16 bits per heavy atom. The number of benzene rings is 3. The van der Waals surface area contributed by atoms with Crippen LogP contribution in [0.25, 0.3) is 0 Å². The monoisotopic (exact) mass is 514 g/mol. The van der Waals surface area contributed by atoms with E-state index in [1.54, 1.807) is 21.3 Å². The number of carbonyl (C=O) groups is 1. The molecule has 0 amide bonds. The summed E-state index contributed by atoms with van der Waals surface area (Å²) in [5.74, 6) is 2.59. The van der Waals surface area contributed by atoms with E-state index in [1.807, 2.05) is 60.7 Å². The standard InChI is InChI=1S/C31H34N2O5/c1-5-14-38-22-12-10-19(11-13-22)30-29-25(32-23-8-6-7-9-24(23)33-30)15-20(16-26(29)34)21-17-27(35-2)31(37-4)28(18-21)36-3/h6-13,17-18,20,30,32-33H,5,14-16H2,1-4H3/t20-,30-/m0/s1. The van der Waals surface area contributed by atoms with Crippen LogP contribution in [0.5, 0.6) is 23.0 Å². The molecule has 198 valence electrons. The summed E-state index contributed by atoms with van der Waals surface area (Å²) in [6.45, 7) is 2.76. The molecule has 0 spiro atoms. The van der Waals surface area contributed by atoms with Crippen molar-refractivity contribution in [3.05, 3.63) is 83.1 Å². The maximum atomic E-state index is 13.9. The smallest absolute Gasteiger partial charge is 0.203 e. The van der Waals surface area contributed by atoms with Crippen LogP contribution in [0, 0.1) is 0 Å². The van der Waals surface area contributed by atoms with Gasteiger partial charge >= 0.3 is 0 Å². The van der Waals surface area contributed by atoms with E-state index in [-0.39, 0.29) is 17.7 Å². The third kappa shape index (κ3) is 4.88. The number of Topliss-reactive ketones (excluding diaryl/α,β-unsaturated/α-hetero) is 1. The summed E-state index contributed by atoms with van der Waals surface area (Å²) < 4.78 is 22.4. The molecule has 0 unspecified atom stereocenters. The van der Waals surface area contributed by atoms with Crippen molar-refractivity contribution < 1.29 is 23.7 Å². The molecule has 3 aromatic carbocycles. The predicted molar refractivity (Wildman–Crippen MR) is 149 cm³/mol. The van der Waals surface area contributed by atoms with Crippen LogP contribution in [0.4, 0.5) is 11.4 Å². The van der Waals surface area contributed by atoms with Crippen molar-refractivity contribution >= 4 is 17.2 Å². The first kappa shape index (κ1) is 25.5. The van der Waals surface area contributed by atoms with Gasteiger partial charge in [-0.15, -0.1) is 0 Å². The van der Waals surface area contributed by atoms with E-state index in [1.165, 1.54) is 0 Å². The van der Waals surface area contributed by atoms with E-state index < -0.39 is 0 Å². The minimum absolute atomic E-state index is 0.0433. The molecule has 38 heavy (non-hydrogen) atoms. The second-order valence-corrected chi connectivity index (χ2v) is 9.54. The summed E-state index contributed by atoms with van der Waals surface area (Å²) in [7, 11) is 4.79. The Balaban J connectivity index is 1.55. The van der Waals surface area contributed by atoms with Gasteiger partial charge in [-0.05, 0) is 66.3 Å². The maximum Gasteiger partial charge on any atom is 0.203 e. The summed E-state index contributed by atoms with van der Waals surface area (Å²) in [5.41, 5.74) is 5.58. The van der Waals surface area contributed by atoms with Gasteiger partial charge in [0, 0.05) is 17.7 Å². The van der Waals surface area contributed by atoms with Crippen LogP contribution >= 0.6 is 0 Å². The van der Waals surface area contributed by atoms with Gasteiger partial charge in [0.1, 0.15) is 5.75 Å². The zero-order chi connectivity index (χ0) is 26.6. The zero-order valence-electron chi connectivity index (χ0n) is 22.3. The molecule has 1 heterocycles. The summed E-state index contributed by atoms with van der Waals surface area (Å²) in [5, 5.41) is 7.23. The average molecular weight is 515 g/mol. The van der Waals surface area contributed by atoms with Gasteiger partial charge in [-0.2, -0.15) is 0 Å². The number of fused-ring (bicyclic) bond motifs is 1. The fraction of sp³-hybridized carbons (Fsp3) is 0.323. The Hall–Kier alpha value is -4.13. The summed E-state index contributed by atoms with van der Waals surface area (Å²) in [4.78, 5) is 13.9. The van der Waals surface area contributed by atoms with Crippen molar-refractivity contribution in [1.82, 2.24) is 0 Å². The number of hydrogen-bond acceptors (Lipinski definition) is 7. The molecule has 2 atom stereocenters. The number of hydrogen-bond donors (Lipinski definition) is 2. The van der Waals surface area contributed by atoms with Crippen LogP contribution in [0.3, 0.4) is 0 Å². The van der Waals surface area contributed by atoms with E-state index in [0.717, 1.165) is 45.9 Å². The summed E-state index contributed by atoms with van der Waals surface area (Å²) >= 11 is 0. The lowest BCUT2D eigenvalue weighted by atomic mass is 9.78. The van der Waals surface area contributed by atoms with Crippen LogP contribution in [-0.2, 0) is 4.79 Å². The number of methoxy groups -OCH3 is 3. The lowest BCUT2D eigenvalue weighted by Crippen LogP contribution is -2.27. The normalized spacial score (nSPS) is 18.4. The zero-order valence-corrected chi connectivity index (χ0v) is 22.3. The summed E-state index contributed by atoms with van der Waals surface area (Å²) in [6.07, 6.45) is 2.00. The molecule has 0 radical (unpaired) electrons. The molecule has 7 heteroatoms. The molecule has 0 aromatic heterocycles. The molecule has 1 aliphatic carbocycles. The quantitative estimate of drug-likeness (QED) is 0.356. The SMILES string of the molecule is CCCOc1ccc([C@@H]2Nc3ccccc3NC3=C2C(=O)C[C@@H](c2cc(OC)c(OC)c(OC)c2)C3)cc1. The number of ketones is 1. The molecule has 0 bridgehead atoms. The Bertz CT molecular complexity index is 1320. The minimum atomic E-state index is -0.283. The molecule has 2 N–H and O–H groups in total. The van der Waals surface area contributed by atoms with Gasteiger partial charge in [-0.1, -0.05) is 31.2 Å². The van der Waals surface area contributed by atoms with E-state index in [0.29, 0.717) is 36.7 Å². The van der Waals surface area contributed by atoms with Crippen molar-refractivity contribution in [1.29, 1.82) is 0 Å². The second kappa shape index (κ2) is 11.1. The lowest BCUT2D eigenvalue weighted by molar-refractivity contribution is -0.116. The minimum Gasteiger partial charge on any atom is -0.494 e. The molecular weight excluding hydrogens is 480 g/mol. The lowest BCUT2D eigenvalue weighted by Gasteiger charge is -2.30. The third-order valence-corrected chi connectivity index (χ3v) is 7.15. The molecule has 5 rings (SSSR count). The molecule has 1 aliphatic heterocycles. The molecule has 0 fully saturated rings. The topological polar surface area (TPSA) is 78.1 Å². The highest BCUT2D eigenvalue weighted by atomic mass is 16.5. The Morgan fingerprint density at radius 2 is 1.53 bits per heavy atom. The molecular formula is C31H34N2O5. The third-order valence-electron chi connectivity index (χ3n) is 7.15.